The number of carbonyl (C=O) groups is 2. The monoisotopic (exact) mass is 271 g/mol. The zero-order valence-corrected chi connectivity index (χ0v) is 12.3. The van der Waals surface area contributed by atoms with Crippen LogP contribution < -0.4 is 11.1 Å². The molecule has 6 nitrogen and oxygen atoms in total. The number of nitrogens with one attached hydrogen (secondary N) is 1. The summed E-state index contributed by atoms with van der Waals surface area (Å²) in [5.74, 6) is -0.266. The Kier molecular flexibility index (Phi) is 4.79. The minimum absolute atomic E-state index is 0.0856. The Hall–Kier alpha value is -1.30. The van der Waals surface area contributed by atoms with Gasteiger partial charge in [-0.3, -0.25) is 9.69 Å². The first-order chi connectivity index (χ1) is 8.68. The molecule has 0 aromatic heterocycles. The van der Waals surface area contributed by atoms with Crippen molar-refractivity contribution in [1.29, 1.82) is 0 Å². The average Bonchev–Trinajstić information content (AvgIpc) is 2.26. The fraction of sp³-hybridized carbons (Fsp3) is 0.846. The Morgan fingerprint density at radius 1 is 1.37 bits per heavy atom. The van der Waals surface area contributed by atoms with Crippen LogP contribution in [0.3, 0.4) is 0 Å². The number of carbonyl (C=O) groups excluding carboxylic acids is 2. The Bertz CT molecular complexity index is 352. The van der Waals surface area contributed by atoms with Crippen LogP contribution in [0, 0.1) is 0 Å². The number of nitrogens with two attached hydrogens (primary N) is 1. The number of amides is 2. The molecule has 0 saturated carbocycles. The van der Waals surface area contributed by atoms with Gasteiger partial charge in [-0.05, 0) is 47.0 Å². The lowest BCUT2D eigenvalue weighted by molar-refractivity contribution is -0.124. The highest BCUT2D eigenvalue weighted by Crippen LogP contribution is 2.27. The molecule has 1 aliphatic rings. The van der Waals surface area contributed by atoms with Crippen LogP contribution in [-0.4, -0.2) is 41.3 Å². The Morgan fingerprint density at radius 2 is 2.00 bits per heavy atom. The highest BCUT2D eigenvalue weighted by atomic mass is 16.6. The van der Waals surface area contributed by atoms with Crippen molar-refractivity contribution in [2.45, 2.75) is 58.2 Å². The highest BCUT2D eigenvalue weighted by Gasteiger charge is 2.40. The summed E-state index contributed by atoms with van der Waals surface area (Å²) in [5, 5.41) is 2.82. The second-order valence-electron chi connectivity index (χ2n) is 6.12. The van der Waals surface area contributed by atoms with E-state index in [2.05, 4.69) is 5.32 Å². The zero-order valence-electron chi connectivity index (χ0n) is 12.3. The van der Waals surface area contributed by atoms with Crippen LogP contribution in [0.2, 0.25) is 0 Å². The van der Waals surface area contributed by atoms with Gasteiger partial charge in [0, 0.05) is 6.54 Å². The molecule has 110 valence electrons. The largest absolute Gasteiger partial charge is 0.444 e. The number of piperidine rings is 1. The molecular weight excluding hydrogens is 246 g/mol. The number of hydrogen-bond donors (Lipinski definition) is 2. The second kappa shape index (κ2) is 5.77. The van der Waals surface area contributed by atoms with E-state index in [4.69, 9.17) is 10.5 Å². The highest BCUT2D eigenvalue weighted by molar-refractivity contribution is 5.79. The van der Waals surface area contributed by atoms with Crippen molar-refractivity contribution in [3.05, 3.63) is 0 Å². The predicted molar refractivity (Wildman–Crippen MR) is 72.4 cm³/mol. The summed E-state index contributed by atoms with van der Waals surface area (Å²) in [6.45, 7) is 7.80. The number of likely N-dealkylation sites (tertiary alicyclic amines) is 1. The van der Waals surface area contributed by atoms with E-state index in [9.17, 15) is 9.59 Å². The van der Waals surface area contributed by atoms with Crippen LogP contribution >= 0.6 is 0 Å². The molecule has 1 unspecified atom stereocenters. The quantitative estimate of drug-likeness (QED) is 0.790. The van der Waals surface area contributed by atoms with Gasteiger partial charge >= 0.3 is 6.09 Å². The van der Waals surface area contributed by atoms with E-state index in [1.54, 1.807) is 4.90 Å². The average molecular weight is 271 g/mol. The molecule has 1 aliphatic heterocycles. The van der Waals surface area contributed by atoms with Crippen molar-refractivity contribution >= 4 is 12.0 Å². The third-order valence-electron chi connectivity index (χ3n) is 3.10. The van der Waals surface area contributed by atoms with Crippen molar-refractivity contribution in [1.82, 2.24) is 10.2 Å². The van der Waals surface area contributed by atoms with Crippen LogP contribution in [0.1, 0.15) is 47.0 Å². The maximum Gasteiger partial charge on any atom is 0.412 e. The summed E-state index contributed by atoms with van der Waals surface area (Å²) in [6, 6.07) is 0. The molecule has 0 bridgehead atoms. The molecule has 0 aromatic carbocycles. The Labute approximate surface area is 114 Å². The molecule has 1 fully saturated rings. The number of hydrogen-bond acceptors (Lipinski definition) is 4. The molecule has 0 aliphatic carbocycles. The van der Waals surface area contributed by atoms with Gasteiger partial charge in [-0.25, -0.2) is 4.79 Å². The van der Waals surface area contributed by atoms with Crippen molar-refractivity contribution in [3.8, 4) is 0 Å². The van der Waals surface area contributed by atoms with Crippen LogP contribution in [0.15, 0.2) is 0 Å². The summed E-state index contributed by atoms with van der Waals surface area (Å²) >= 11 is 0. The summed E-state index contributed by atoms with van der Waals surface area (Å²) in [7, 11) is 0. The van der Waals surface area contributed by atoms with Gasteiger partial charge in [0.1, 0.15) is 11.3 Å². The molecule has 6 heteroatoms. The molecule has 0 radical (unpaired) electrons. The van der Waals surface area contributed by atoms with Gasteiger partial charge in [0.25, 0.3) is 0 Å². The van der Waals surface area contributed by atoms with Crippen LogP contribution in [-0.2, 0) is 9.53 Å². The van der Waals surface area contributed by atoms with E-state index in [0.717, 1.165) is 12.8 Å². The minimum atomic E-state index is -0.711. The molecular formula is C13H25N3O3. The van der Waals surface area contributed by atoms with Gasteiger partial charge in [-0.2, -0.15) is 0 Å². The van der Waals surface area contributed by atoms with Gasteiger partial charge in [0.05, 0.1) is 6.54 Å². The van der Waals surface area contributed by atoms with E-state index in [0.29, 0.717) is 13.0 Å². The normalized spacial score (nSPS) is 23.9. The van der Waals surface area contributed by atoms with E-state index in [1.165, 1.54) is 0 Å². The Morgan fingerprint density at radius 3 is 2.53 bits per heavy atom. The van der Waals surface area contributed by atoms with Gasteiger partial charge in [-0.15, -0.1) is 0 Å². The lowest BCUT2D eigenvalue weighted by Crippen LogP contribution is -2.63. The van der Waals surface area contributed by atoms with Gasteiger partial charge < -0.3 is 15.8 Å². The summed E-state index contributed by atoms with van der Waals surface area (Å²) in [4.78, 5) is 25.3. The standard InChI is InChI=1S/C13H25N3O3/c1-12(2,3)19-11(18)16-8-6-5-7-13(16,4)15-10(17)9-14/h5-9,14H2,1-4H3,(H,15,17). The molecule has 2 amide bonds. The maximum atomic E-state index is 12.2. The molecule has 0 aromatic rings. The van der Waals surface area contributed by atoms with Gasteiger partial charge in [0.15, 0.2) is 0 Å². The lowest BCUT2D eigenvalue weighted by atomic mass is 9.97. The van der Waals surface area contributed by atoms with E-state index < -0.39 is 17.4 Å². The minimum Gasteiger partial charge on any atom is -0.444 e. The number of nitrogens with zero attached hydrogens (tertiary/aromatic N) is 1. The van der Waals surface area contributed by atoms with Crippen LogP contribution in [0.25, 0.3) is 0 Å². The SMILES string of the molecule is CC(C)(C)OC(=O)N1CCCCC1(C)NC(=O)CN. The Balaban J connectivity index is 2.82. The second-order valence-corrected chi connectivity index (χ2v) is 6.12. The van der Waals surface area contributed by atoms with Gasteiger partial charge in [-0.1, -0.05) is 0 Å². The maximum absolute atomic E-state index is 12.2. The van der Waals surface area contributed by atoms with E-state index in [1.807, 2.05) is 27.7 Å². The first-order valence-corrected chi connectivity index (χ1v) is 6.70. The molecule has 1 heterocycles. The first kappa shape index (κ1) is 15.8. The van der Waals surface area contributed by atoms with Crippen molar-refractivity contribution in [2.24, 2.45) is 5.73 Å². The molecule has 1 atom stereocenters. The van der Waals surface area contributed by atoms with Crippen molar-refractivity contribution in [3.63, 3.8) is 0 Å². The summed E-state index contributed by atoms with van der Waals surface area (Å²) < 4.78 is 5.39. The fourth-order valence-electron chi connectivity index (χ4n) is 2.21. The predicted octanol–water partition coefficient (Wildman–Crippen LogP) is 1.20. The van der Waals surface area contributed by atoms with E-state index in [-0.39, 0.29) is 12.5 Å². The fourth-order valence-corrected chi connectivity index (χ4v) is 2.21. The van der Waals surface area contributed by atoms with Crippen LogP contribution in [0.4, 0.5) is 4.79 Å². The van der Waals surface area contributed by atoms with E-state index >= 15 is 0 Å². The smallest absolute Gasteiger partial charge is 0.412 e. The third kappa shape index (κ3) is 4.38. The number of ether oxygens (including phenoxy) is 1. The third-order valence-corrected chi connectivity index (χ3v) is 3.10. The summed E-state index contributed by atoms with van der Waals surface area (Å²) in [6.07, 6.45) is 2.18. The molecule has 3 N–H and O–H groups in total. The van der Waals surface area contributed by atoms with Crippen molar-refractivity contribution < 1.29 is 14.3 Å². The summed E-state index contributed by atoms with van der Waals surface area (Å²) in [5.41, 5.74) is 4.07. The lowest BCUT2D eigenvalue weighted by Gasteiger charge is -2.45. The number of rotatable bonds is 2. The van der Waals surface area contributed by atoms with Gasteiger partial charge in [0.2, 0.25) is 5.91 Å². The topological polar surface area (TPSA) is 84.7 Å². The van der Waals surface area contributed by atoms with Crippen molar-refractivity contribution in [2.75, 3.05) is 13.1 Å². The first-order valence-electron chi connectivity index (χ1n) is 6.70. The molecule has 19 heavy (non-hydrogen) atoms. The van der Waals surface area contributed by atoms with Crippen LogP contribution in [0.5, 0.6) is 0 Å². The molecule has 1 rings (SSSR count). The zero-order chi connectivity index (χ0) is 14.7. The molecule has 0 spiro atoms. The molecule has 1 saturated heterocycles.